The number of carbonyl (C=O) groups is 2. The summed E-state index contributed by atoms with van der Waals surface area (Å²) in [4.78, 5) is 38.0. The molecule has 0 saturated carbocycles. The summed E-state index contributed by atoms with van der Waals surface area (Å²) in [7, 11) is 0. The van der Waals surface area contributed by atoms with Gasteiger partial charge in [-0.05, 0) is 34.4 Å². The van der Waals surface area contributed by atoms with E-state index in [1.165, 1.54) is 18.2 Å². The average Bonchev–Trinajstić information content (AvgIpc) is 3.01. The molecule has 26 heavy (non-hydrogen) atoms. The van der Waals surface area contributed by atoms with Gasteiger partial charge in [-0.3, -0.25) is 20.2 Å². The standard InChI is InChI=1S/C16H18N4O5S/c1-15(2,3)16(17,13(22)23)10-6-4-5-9(7-10)12(21)19-14-18-8-11(26-14)20(24)25/h4-8H,17H2,1-3H3,(H,22,23)(H,18,19,21)/t16-/m0/s1. The van der Waals surface area contributed by atoms with E-state index in [4.69, 9.17) is 5.73 Å². The van der Waals surface area contributed by atoms with Crippen molar-refractivity contribution in [1.29, 1.82) is 0 Å². The molecule has 0 fully saturated rings. The molecule has 9 nitrogen and oxygen atoms in total. The largest absolute Gasteiger partial charge is 0.480 e. The summed E-state index contributed by atoms with van der Waals surface area (Å²) >= 11 is 0.722. The van der Waals surface area contributed by atoms with Crippen LogP contribution in [0.1, 0.15) is 36.7 Å². The van der Waals surface area contributed by atoms with E-state index in [0.29, 0.717) is 0 Å². The number of nitro groups is 1. The molecule has 138 valence electrons. The van der Waals surface area contributed by atoms with Gasteiger partial charge in [-0.2, -0.15) is 0 Å². The lowest BCUT2D eigenvalue weighted by Gasteiger charge is -2.38. The Hall–Kier alpha value is -2.85. The van der Waals surface area contributed by atoms with Crippen molar-refractivity contribution in [3.63, 3.8) is 0 Å². The van der Waals surface area contributed by atoms with Gasteiger partial charge >= 0.3 is 11.0 Å². The second kappa shape index (κ2) is 6.81. The van der Waals surface area contributed by atoms with Crippen LogP contribution in [0, 0.1) is 15.5 Å². The molecule has 1 amide bonds. The molecular formula is C16H18N4O5S. The van der Waals surface area contributed by atoms with Crippen LogP contribution in [0.15, 0.2) is 30.5 Å². The molecule has 1 aromatic carbocycles. The van der Waals surface area contributed by atoms with Crippen LogP contribution in [0.4, 0.5) is 10.1 Å². The fraction of sp³-hybridized carbons (Fsp3) is 0.312. The van der Waals surface area contributed by atoms with E-state index in [-0.39, 0.29) is 21.3 Å². The number of aromatic nitrogens is 1. The number of rotatable bonds is 5. The molecular weight excluding hydrogens is 360 g/mol. The monoisotopic (exact) mass is 378 g/mol. The number of nitrogens with two attached hydrogens (primary N) is 1. The van der Waals surface area contributed by atoms with Gasteiger partial charge in [0.1, 0.15) is 11.7 Å². The molecule has 2 rings (SSSR count). The number of carboxylic acids is 1. The highest BCUT2D eigenvalue weighted by Gasteiger charge is 2.47. The highest BCUT2D eigenvalue weighted by molar-refractivity contribution is 7.18. The normalized spacial score (nSPS) is 13.7. The van der Waals surface area contributed by atoms with Crippen molar-refractivity contribution in [2.45, 2.75) is 26.3 Å². The van der Waals surface area contributed by atoms with E-state index in [2.05, 4.69) is 10.3 Å². The van der Waals surface area contributed by atoms with Gasteiger partial charge in [-0.1, -0.05) is 32.9 Å². The topological polar surface area (TPSA) is 148 Å². The number of thiazole rings is 1. The van der Waals surface area contributed by atoms with Gasteiger partial charge in [0.05, 0.1) is 4.92 Å². The minimum atomic E-state index is -1.71. The summed E-state index contributed by atoms with van der Waals surface area (Å²) in [6.45, 7) is 5.09. The number of hydrogen-bond acceptors (Lipinski definition) is 7. The highest BCUT2D eigenvalue weighted by atomic mass is 32.1. The lowest BCUT2D eigenvalue weighted by molar-refractivity contribution is -0.380. The molecule has 2 aromatic rings. The van der Waals surface area contributed by atoms with E-state index in [1.54, 1.807) is 26.8 Å². The van der Waals surface area contributed by atoms with E-state index in [1.807, 2.05) is 0 Å². The minimum absolute atomic E-state index is 0.0696. The van der Waals surface area contributed by atoms with Crippen LogP contribution < -0.4 is 11.1 Å². The first kappa shape index (κ1) is 19.5. The molecule has 0 unspecified atom stereocenters. The lowest BCUT2D eigenvalue weighted by Crippen LogP contribution is -2.54. The number of carbonyl (C=O) groups excluding carboxylic acids is 1. The molecule has 0 aliphatic rings. The van der Waals surface area contributed by atoms with Crippen LogP contribution in [0.5, 0.6) is 0 Å². The van der Waals surface area contributed by atoms with E-state index >= 15 is 0 Å². The summed E-state index contributed by atoms with van der Waals surface area (Å²) < 4.78 is 0. The fourth-order valence-corrected chi connectivity index (χ4v) is 2.99. The Morgan fingerprint density at radius 1 is 1.35 bits per heavy atom. The Morgan fingerprint density at radius 2 is 2.00 bits per heavy atom. The minimum Gasteiger partial charge on any atom is -0.480 e. The molecule has 0 radical (unpaired) electrons. The summed E-state index contributed by atoms with van der Waals surface area (Å²) in [6.07, 6.45) is 1.05. The van der Waals surface area contributed by atoms with Crippen LogP contribution in [0.2, 0.25) is 0 Å². The van der Waals surface area contributed by atoms with Gasteiger partial charge < -0.3 is 10.8 Å². The number of aliphatic carboxylic acids is 1. The van der Waals surface area contributed by atoms with Crippen molar-refractivity contribution >= 4 is 33.3 Å². The second-order valence-corrected chi connectivity index (χ2v) is 7.67. The third-order valence-electron chi connectivity index (χ3n) is 3.99. The first-order chi connectivity index (χ1) is 12.0. The fourth-order valence-electron chi connectivity index (χ4n) is 2.36. The number of benzene rings is 1. The quantitative estimate of drug-likeness (QED) is 0.535. The zero-order chi connectivity index (χ0) is 19.7. The van der Waals surface area contributed by atoms with Crippen molar-refractivity contribution < 1.29 is 19.6 Å². The van der Waals surface area contributed by atoms with Gasteiger partial charge in [0.25, 0.3) is 5.91 Å². The van der Waals surface area contributed by atoms with Crippen LogP contribution in [-0.4, -0.2) is 26.9 Å². The molecule has 10 heteroatoms. The lowest BCUT2D eigenvalue weighted by atomic mass is 9.70. The van der Waals surface area contributed by atoms with Crippen molar-refractivity contribution in [3.8, 4) is 0 Å². The summed E-state index contributed by atoms with van der Waals surface area (Å²) in [5.41, 5.74) is 4.10. The molecule has 0 spiro atoms. The van der Waals surface area contributed by atoms with E-state index in [0.717, 1.165) is 17.5 Å². The van der Waals surface area contributed by atoms with Crippen molar-refractivity contribution in [1.82, 2.24) is 4.98 Å². The predicted octanol–water partition coefficient (Wildman–Crippen LogP) is 2.59. The van der Waals surface area contributed by atoms with Crippen molar-refractivity contribution in [2.75, 3.05) is 5.32 Å². The Bertz CT molecular complexity index is 874. The van der Waals surface area contributed by atoms with Crippen LogP contribution in [-0.2, 0) is 10.3 Å². The number of nitrogens with one attached hydrogen (secondary N) is 1. The summed E-state index contributed by atoms with van der Waals surface area (Å²) in [6, 6.07) is 5.97. The van der Waals surface area contributed by atoms with Crippen LogP contribution in [0.25, 0.3) is 0 Å². The zero-order valence-electron chi connectivity index (χ0n) is 14.3. The van der Waals surface area contributed by atoms with Gasteiger partial charge in [0.15, 0.2) is 5.13 Å². The van der Waals surface area contributed by atoms with Crippen LogP contribution in [0.3, 0.4) is 0 Å². The molecule has 4 N–H and O–H groups in total. The maximum atomic E-state index is 12.4. The zero-order valence-corrected chi connectivity index (χ0v) is 15.2. The third kappa shape index (κ3) is 3.55. The number of nitrogens with zero attached hydrogens (tertiary/aromatic N) is 2. The Balaban J connectivity index is 2.34. The maximum absolute atomic E-state index is 12.4. The first-order valence-corrected chi connectivity index (χ1v) is 8.33. The molecule has 0 saturated heterocycles. The molecule has 1 aromatic heterocycles. The molecule has 0 bridgehead atoms. The molecule has 0 aliphatic carbocycles. The Morgan fingerprint density at radius 3 is 2.50 bits per heavy atom. The molecule has 0 aliphatic heterocycles. The highest BCUT2D eigenvalue weighted by Crippen LogP contribution is 2.37. The number of carboxylic acid groups (broad SMARTS) is 1. The van der Waals surface area contributed by atoms with Crippen LogP contribution >= 0.6 is 11.3 Å². The second-order valence-electron chi connectivity index (χ2n) is 6.66. The van der Waals surface area contributed by atoms with Gasteiger partial charge in [0.2, 0.25) is 0 Å². The van der Waals surface area contributed by atoms with Crippen molar-refractivity contribution in [3.05, 3.63) is 51.7 Å². The number of hydrogen-bond donors (Lipinski definition) is 3. The predicted molar refractivity (Wildman–Crippen MR) is 96.1 cm³/mol. The number of amides is 1. The summed E-state index contributed by atoms with van der Waals surface area (Å²) in [5, 5.41) is 22.6. The van der Waals surface area contributed by atoms with Crippen molar-refractivity contribution in [2.24, 2.45) is 11.1 Å². The van der Waals surface area contributed by atoms with Gasteiger partial charge in [-0.15, -0.1) is 0 Å². The molecule has 1 atom stereocenters. The van der Waals surface area contributed by atoms with E-state index in [9.17, 15) is 24.8 Å². The third-order valence-corrected chi connectivity index (χ3v) is 4.86. The van der Waals surface area contributed by atoms with Gasteiger partial charge in [-0.25, -0.2) is 9.78 Å². The van der Waals surface area contributed by atoms with Gasteiger partial charge in [0, 0.05) is 5.56 Å². The summed E-state index contributed by atoms with van der Waals surface area (Å²) in [5.74, 6) is -1.78. The maximum Gasteiger partial charge on any atom is 0.345 e. The Labute approximate surface area is 153 Å². The first-order valence-electron chi connectivity index (χ1n) is 7.51. The Kier molecular flexibility index (Phi) is 5.10. The SMILES string of the molecule is CC(C)(C)[C@@](N)(C(=O)O)c1cccc(C(=O)Nc2ncc([N+](=O)[O-])s2)c1. The smallest absolute Gasteiger partial charge is 0.345 e. The molecule has 1 heterocycles. The van der Waals surface area contributed by atoms with E-state index < -0.39 is 27.8 Å². The average molecular weight is 378 g/mol. The number of anilines is 1.